The van der Waals surface area contributed by atoms with Gasteiger partial charge < -0.3 is 16.4 Å². The summed E-state index contributed by atoms with van der Waals surface area (Å²) in [5.74, 6) is -0.410. The average Bonchev–Trinajstić information content (AvgIpc) is 2.69. The Labute approximate surface area is 83.2 Å². The van der Waals surface area contributed by atoms with Crippen LogP contribution in [0.15, 0.2) is 0 Å². The highest BCUT2D eigenvalue weighted by Gasteiger charge is 2.28. The standard InChI is InChI=1S/C8H15N3OS/c1-8(2,6(9)12)11-7(13)10-5-3-4-5/h5H,3-4H2,1-2H3,(H2,9,12)(H2,10,11,13). The summed E-state index contributed by atoms with van der Waals surface area (Å²) < 4.78 is 0. The molecule has 1 saturated carbocycles. The fourth-order valence-electron chi connectivity index (χ4n) is 0.795. The largest absolute Gasteiger partial charge is 0.368 e. The molecule has 13 heavy (non-hydrogen) atoms. The molecule has 4 nitrogen and oxygen atoms in total. The maximum absolute atomic E-state index is 10.9. The van der Waals surface area contributed by atoms with Gasteiger partial charge in [-0.05, 0) is 38.9 Å². The fraction of sp³-hybridized carbons (Fsp3) is 0.750. The van der Waals surface area contributed by atoms with Gasteiger partial charge in [0.25, 0.3) is 0 Å². The molecule has 4 N–H and O–H groups in total. The lowest BCUT2D eigenvalue weighted by atomic mass is 10.1. The molecule has 1 amide bonds. The molecule has 1 aliphatic carbocycles. The topological polar surface area (TPSA) is 67.2 Å². The van der Waals surface area contributed by atoms with Gasteiger partial charge in [0.15, 0.2) is 5.11 Å². The number of primary amides is 1. The van der Waals surface area contributed by atoms with Crippen LogP contribution in [-0.4, -0.2) is 22.6 Å². The molecule has 0 aromatic heterocycles. The van der Waals surface area contributed by atoms with Crippen LogP contribution in [0, 0.1) is 0 Å². The third kappa shape index (κ3) is 3.18. The molecule has 0 atom stereocenters. The van der Waals surface area contributed by atoms with Gasteiger partial charge in [-0.25, -0.2) is 0 Å². The van der Waals surface area contributed by atoms with E-state index in [2.05, 4.69) is 10.6 Å². The van der Waals surface area contributed by atoms with Gasteiger partial charge in [-0.15, -0.1) is 0 Å². The molecular formula is C8H15N3OS. The summed E-state index contributed by atoms with van der Waals surface area (Å²) in [7, 11) is 0. The van der Waals surface area contributed by atoms with Crippen LogP contribution in [-0.2, 0) is 4.79 Å². The molecule has 0 unspecified atom stereocenters. The molecule has 0 heterocycles. The van der Waals surface area contributed by atoms with Gasteiger partial charge >= 0.3 is 0 Å². The number of thiocarbonyl (C=S) groups is 1. The molecule has 0 aliphatic heterocycles. The summed E-state index contributed by atoms with van der Waals surface area (Å²) in [5, 5.41) is 6.46. The van der Waals surface area contributed by atoms with Gasteiger partial charge in [0.1, 0.15) is 5.54 Å². The van der Waals surface area contributed by atoms with Crippen molar-refractivity contribution >= 4 is 23.2 Å². The van der Waals surface area contributed by atoms with E-state index in [0.29, 0.717) is 11.2 Å². The minimum atomic E-state index is -0.779. The van der Waals surface area contributed by atoms with Gasteiger partial charge in [-0.3, -0.25) is 4.79 Å². The van der Waals surface area contributed by atoms with Crippen LogP contribution in [0.4, 0.5) is 0 Å². The molecular weight excluding hydrogens is 186 g/mol. The monoisotopic (exact) mass is 201 g/mol. The Balaban J connectivity index is 2.36. The van der Waals surface area contributed by atoms with Crippen molar-refractivity contribution in [3.05, 3.63) is 0 Å². The van der Waals surface area contributed by atoms with Crippen molar-refractivity contribution < 1.29 is 4.79 Å². The molecule has 5 heteroatoms. The summed E-state index contributed by atoms with van der Waals surface area (Å²) in [6.07, 6.45) is 2.30. The van der Waals surface area contributed by atoms with Crippen LogP contribution in [0.2, 0.25) is 0 Å². The van der Waals surface area contributed by atoms with Crippen LogP contribution < -0.4 is 16.4 Å². The van der Waals surface area contributed by atoms with Crippen molar-refractivity contribution in [3.63, 3.8) is 0 Å². The number of nitrogens with one attached hydrogen (secondary N) is 2. The summed E-state index contributed by atoms with van der Waals surface area (Å²) in [6, 6.07) is 0.490. The second-order valence-corrected chi connectivity index (χ2v) is 4.27. The predicted octanol–water partition coefficient (Wildman–Crippen LogP) is -0.123. The number of hydrogen-bond acceptors (Lipinski definition) is 2. The Morgan fingerprint density at radius 2 is 2.08 bits per heavy atom. The van der Waals surface area contributed by atoms with Crippen molar-refractivity contribution in [2.24, 2.45) is 5.73 Å². The zero-order chi connectivity index (χ0) is 10.1. The summed E-state index contributed by atoms with van der Waals surface area (Å²) in [6.45, 7) is 3.41. The second kappa shape index (κ2) is 3.49. The molecule has 0 aromatic carbocycles. The summed E-state index contributed by atoms with van der Waals surface area (Å²) >= 11 is 5.01. The van der Waals surface area contributed by atoms with Gasteiger partial charge in [0.2, 0.25) is 5.91 Å². The normalized spacial score (nSPS) is 16.5. The summed E-state index contributed by atoms with van der Waals surface area (Å²) in [5.41, 5.74) is 4.40. The molecule has 0 spiro atoms. The molecule has 1 aliphatic rings. The first-order chi connectivity index (χ1) is 5.92. The van der Waals surface area contributed by atoms with Gasteiger partial charge in [0.05, 0.1) is 0 Å². The van der Waals surface area contributed by atoms with Gasteiger partial charge in [0, 0.05) is 6.04 Å². The SMILES string of the molecule is CC(C)(NC(=S)NC1CC1)C(N)=O. The quantitative estimate of drug-likeness (QED) is 0.557. The number of carbonyl (C=O) groups excluding carboxylic acids is 1. The highest BCUT2D eigenvalue weighted by atomic mass is 32.1. The zero-order valence-electron chi connectivity index (χ0n) is 7.89. The van der Waals surface area contributed by atoms with Crippen LogP contribution in [0.5, 0.6) is 0 Å². The number of hydrogen-bond donors (Lipinski definition) is 3. The minimum absolute atomic E-state index is 0.410. The maximum atomic E-state index is 10.9. The highest BCUT2D eigenvalue weighted by Crippen LogP contribution is 2.18. The van der Waals surface area contributed by atoms with Crippen molar-refractivity contribution in [1.29, 1.82) is 0 Å². The first kappa shape index (κ1) is 10.2. The zero-order valence-corrected chi connectivity index (χ0v) is 8.70. The lowest BCUT2D eigenvalue weighted by Crippen LogP contribution is -2.55. The second-order valence-electron chi connectivity index (χ2n) is 3.86. The van der Waals surface area contributed by atoms with E-state index in [1.165, 1.54) is 0 Å². The van der Waals surface area contributed by atoms with Crippen molar-refractivity contribution in [2.45, 2.75) is 38.3 Å². The lowest BCUT2D eigenvalue weighted by Gasteiger charge is -2.24. The van der Waals surface area contributed by atoms with E-state index in [0.717, 1.165) is 12.8 Å². The average molecular weight is 201 g/mol. The van der Waals surface area contributed by atoms with Crippen LogP contribution in [0.25, 0.3) is 0 Å². The third-order valence-electron chi connectivity index (χ3n) is 1.95. The molecule has 0 bridgehead atoms. The summed E-state index contributed by atoms with van der Waals surface area (Å²) in [4.78, 5) is 10.9. The number of carbonyl (C=O) groups is 1. The predicted molar refractivity (Wildman–Crippen MR) is 55.2 cm³/mol. The smallest absolute Gasteiger partial charge is 0.242 e. The molecule has 74 valence electrons. The Kier molecular flexibility index (Phi) is 2.75. The van der Waals surface area contributed by atoms with E-state index >= 15 is 0 Å². The Morgan fingerprint density at radius 1 is 1.54 bits per heavy atom. The minimum Gasteiger partial charge on any atom is -0.368 e. The maximum Gasteiger partial charge on any atom is 0.242 e. The van der Waals surface area contributed by atoms with Crippen molar-refractivity contribution in [3.8, 4) is 0 Å². The Morgan fingerprint density at radius 3 is 2.46 bits per heavy atom. The first-order valence-electron chi connectivity index (χ1n) is 4.30. The number of nitrogens with two attached hydrogens (primary N) is 1. The lowest BCUT2D eigenvalue weighted by molar-refractivity contribution is -0.122. The molecule has 1 rings (SSSR count). The van der Waals surface area contributed by atoms with E-state index in [1.807, 2.05) is 0 Å². The highest BCUT2D eigenvalue weighted by molar-refractivity contribution is 7.80. The van der Waals surface area contributed by atoms with E-state index in [-0.39, 0.29) is 0 Å². The van der Waals surface area contributed by atoms with Crippen molar-refractivity contribution in [2.75, 3.05) is 0 Å². The number of amides is 1. The third-order valence-corrected chi connectivity index (χ3v) is 2.17. The van der Waals surface area contributed by atoms with Crippen molar-refractivity contribution in [1.82, 2.24) is 10.6 Å². The van der Waals surface area contributed by atoms with Gasteiger partial charge in [-0.2, -0.15) is 0 Å². The first-order valence-corrected chi connectivity index (χ1v) is 4.71. The van der Waals surface area contributed by atoms with Crippen LogP contribution in [0.1, 0.15) is 26.7 Å². The Hall–Kier alpha value is -0.840. The van der Waals surface area contributed by atoms with Crippen LogP contribution >= 0.6 is 12.2 Å². The van der Waals surface area contributed by atoms with E-state index in [4.69, 9.17) is 18.0 Å². The van der Waals surface area contributed by atoms with Crippen LogP contribution in [0.3, 0.4) is 0 Å². The van der Waals surface area contributed by atoms with E-state index in [1.54, 1.807) is 13.8 Å². The van der Waals surface area contributed by atoms with E-state index in [9.17, 15) is 4.79 Å². The van der Waals surface area contributed by atoms with Gasteiger partial charge in [-0.1, -0.05) is 0 Å². The molecule has 0 saturated heterocycles. The Bertz CT molecular complexity index is 236. The fourth-order valence-corrected chi connectivity index (χ4v) is 1.22. The molecule has 0 aromatic rings. The van der Waals surface area contributed by atoms with E-state index < -0.39 is 11.4 Å². The molecule has 0 radical (unpaired) electrons. The number of rotatable bonds is 3. The molecule has 1 fully saturated rings.